The summed E-state index contributed by atoms with van der Waals surface area (Å²) in [5.74, 6) is 0. The molecule has 0 saturated heterocycles. The average molecular weight is 281 g/mol. The SMILES string of the molecule is C=CCC(O)(CC=C)C[Se]c1ccccc1. The first-order valence-corrected chi connectivity index (χ1v) is 7.39. The van der Waals surface area contributed by atoms with Gasteiger partial charge in [-0.2, -0.15) is 0 Å². The summed E-state index contributed by atoms with van der Waals surface area (Å²) in [6, 6.07) is 10.3. The third kappa shape index (κ3) is 4.36. The Labute approximate surface area is 104 Å². The quantitative estimate of drug-likeness (QED) is 0.601. The van der Waals surface area contributed by atoms with Crippen molar-refractivity contribution >= 4 is 19.4 Å². The minimum absolute atomic E-state index is 0.308. The summed E-state index contributed by atoms with van der Waals surface area (Å²) in [5, 5.41) is 11.2. The molecule has 0 aliphatic rings. The molecule has 0 spiro atoms. The van der Waals surface area contributed by atoms with Crippen LogP contribution in [0.15, 0.2) is 55.6 Å². The van der Waals surface area contributed by atoms with E-state index in [2.05, 4.69) is 25.3 Å². The molecule has 1 aromatic rings. The van der Waals surface area contributed by atoms with Gasteiger partial charge in [0.1, 0.15) is 0 Å². The molecular formula is C14H18OSe. The van der Waals surface area contributed by atoms with Crippen LogP contribution in [0, 0.1) is 0 Å². The van der Waals surface area contributed by atoms with Gasteiger partial charge in [-0.15, -0.1) is 0 Å². The van der Waals surface area contributed by atoms with E-state index in [1.807, 2.05) is 18.2 Å². The minimum atomic E-state index is -0.653. The van der Waals surface area contributed by atoms with Gasteiger partial charge in [-0.1, -0.05) is 0 Å². The molecule has 0 aliphatic heterocycles. The Morgan fingerprint density at radius 1 is 1.12 bits per heavy atom. The van der Waals surface area contributed by atoms with E-state index < -0.39 is 5.60 Å². The summed E-state index contributed by atoms with van der Waals surface area (Å²) in [7, 11) is 0. The third-order valence-corrected chi connectivity index (χ3v) is 5.00. The Morgan fingerprint density at radius 2 is 1.69 bits per heavy atom. The molecule has 1 nitrogen and oxygen atoms in total. The molecule has 86 valence electrons. The molecule has 0 amide bonds. The van der Waals surface area contributed by atoms with Crippen LogP contribution in [0.4, 0.5) is 0 Å². The van der Waals surface area contributed by atoms with E-state index in [4.69, 9.17) is 0 Å². The van der Waals surface area contributed by atoms with E-state index >= 15 is 0 Å². The van der Waals surface area contributed by atoms with Crippen LogP contribution in [-0.2, 0) is 0 Å². The third-order valence-electron chi connectivity index (χ3n) is 2.30. The molecule has 0 aliphatic carbocycles. The van der Waals surface area contributed by atoms with Crippen LogP contribution in [0.5, 0.6) is 0 Å². The van der Waals surface area contributed by atoms with Crippen molar-refractivity contribution in [1.29, 1.82) is 0 Å². The molecule has 1 N–H and O–H groups in total. The molecule has 0 radical (unpaired) electrons. The standard InChI is InChI=1S/C14H18OSe/c1-3-10-14(15,11-4-2)12-16-13-8-6-5-7-9-13/h3-9,15H,1-2,10-12H2. The van der Waals surface area contributed by atoms with Crippen molar-refractivity contribution in [3.8, 4) is 0 Å². The second-order valence-corrected chi connectivity index (χ2v) is 6.01. The first-order chi connectivity index (χ1) is 7.70. The van der Waals surface area contributed by atoms with Gasteiger partial charge in [-0.3, -0.25) is 0 Å². The number of hydrogen-bond donors (Lipinski definition) is 1. The van der Waals surface area contributed by atoms with E-state index in [1.54, 1.807) is 12.2 Å². The topological polar surface area (TPSA) is 20.2 Å². The van der Waals surface area contributed by atoms with Crippen molar-refractivity contribution in [2.75, 3.05) is 0 Å². The fourth-order valence-electron chi connectivity index (χ4n) is 1.47. The van der Waals surface area contributed by atoms with Crippen LogP contribution < -0.4 is 4.46 Å². The first kappa shape index (κ1) is 13.2. The van der Waals surface area contributed by atoms with Crippen LogP contribution in [0.3, 0.4) is 0 Å². The van der Waals surface area contributed by atoms with Gasteiger partial charge < -0.3 is 0 Å². The number of hydrogen-bond acceptors (Lipinski definition) is 1. The Kier molecular flexibility index (Phi) is 5.54. The molecule has 0 bridgehead atoms. The molecule has 16 heavy (non-hydrogen) atoms. The molecular weight excluding hydrogens is 263 g/mol. The van der Waals surface area contributed by atoms with Crippen molar-refractivity contribution in [3.05, 3.63) is 55.6 Å². The summed E-state index contributed by atoms with van der Waals surface area (Å²) >= 11 is 0.308. The van der Waals surface area contributed by atoms with Gasteiger partial charge in [-0.25, -0.2) is 0 Å². The summed E-state index contributed by atoms with van der Waals surface area (Å²) in [6.45, 7) is 7.39. The molecule has 2 heteroatoms. The van der Waals surface area contributed by atoms with Crippen molar-refractivity contribution < 1.29 is 5.11 Å². The predicted molar refractivity (Wildman–Crippen MR) is 71.2 cm³/mol. The van der Waals surface area contributed by atoms with Gasteiger partial charge >= 0.3 is 104 Å². The molecule has 0 heterocycles. The average Bonchev–Trinajstić information content (AvgIpc) is 2.29. The van der Waals surface area contributed by atoms with Crippen molar-refractivity contribution in [1.82, 2.24) is 0 Å². The summed E-state index contributed by atoms with van der Waals surface area (Å²) in [5.41, 5.74) is -0.653. The van der Waals surface area contributed by atoms with Crippen LogP contribution in [0.25, 0.3) is 0 Å². The summed E-state index contributed by atoms with van der Waals surface area (Å²) in [6.07, 6.45) is 4.83. The molecule has 0 fully saturated rings. The number of rotatable bonds is 7. The van der Waals surface area contributed by atoms with Gasteiger partial charge in [0.25, 0.3) is 0 Å². The second kappa shape index (κ2) is 6.70. The van der Waals surface area contributed by atoms with E-state index in [0.717, 1.165) is 5.32 Å². The number of benzene rings is 1. The summed E-state index contributed by atoms with van der Waals surface area (Å²) in [4.78, 5) is 0. The maximum absolute atomic E-state index is 10.3. The second-order valence-electron chi connectivity index (χ2n) is 3.81. The van der Waals surface area contributed by atoms with Crippen molar-refractivity contribution in [2.24, 2.45) is 0 Å². The van der Waals surface area contributed by atoms with Crippen LogP contribution in [-0.4, -0.2) is 25.7 Å². The predicted octanol–water partition coefficient (Wildman–Crippen LogP) is 2.32. The normalized spacial score (nSPS) is 11.1. The van der Waals surface area contributed by atoms with E-state index in [1.165, 1.54) is 4.46 Å². The monoisotopic (exact) mass is 282 g/mol. The van der Waals surface area contributed by atoms with Crippen molar-refractivity contribution in [2.45, 2.75) is 23.8 Å². The zero-order chi connectivity index (χ0) is 11.9. The van der Waals surface area contributed by atoms with Crippen molar-refractivity contribution in [3.63, 3.8) is 0 Å². The molecule has 1 rings (SSSR count). The van der Waals surface area contributed by atoms with Gasteiger partial charge in [0.05, 0.1) is 0 Å². The maximum atomic E-state index is 10.3. The van der Waals surface area contributed by atoms with Crippen LogP contribution >= 0.6 is 0 Å². The summed E-state index contributed by atoms with van der Waals surface area (Å²) < 4.78 is 1.32. The molecule has 0 saturated carbocycles. The Hall–Kier alpha value is -0.821. The molecule has 1 aromatic carbocycles. The molecule has 0 unspecified atom stereocenters. The van der Waals surface area contributed by atoms with Gasteiger partial charge in [0.15, 0.2) is 0 Å². The fourth-order valence-corrected chi connectivity index (χ4v) is 3.61. The van der Waals surface area contributed by atoms with Gasteiger partial charge in [0.2, 0.25) is 0 Å². The Balaban J connectivity index is 2.56. The van der Waals surface area contributed by atoms with E-state index in [-0.39, 0.29) is 0 Å². The zero-order valence-corrected chi connectivity index (χ0v) is 11.1. The molecule has 0 aromatic heterocycles. The Morgan fingerprint density at radius 3 is 2.19 bits per heavy atom. The fraction of sp³-hybridized carbons (Fsp3) is 0.286. The van der Waals surface area contributed by atoms with Crippen LogP contribution in [0.1, 0.15) is 12.8 Å². The van der Waals surface area contributed by atoms with Gasteiger partial charge in [-0.05, 0) is 0 Å². The zero-order valence-electron chi connectivity index (χ0n) is 9.43. The van der Waals surface area contributed by atoms with E-state index in [0.29, 0.717) is 27.8 Å². The Bertz CT molecular complexity index is 322. The first-order valence-electron chi connectivity index (χ1n) is 5.32. The van der Waals surface area contributed by atoms with E-state index in [9.17, 15) is 5.11 Å². The van der Waals surface area contributed by atoms with Gasteiger partial charge in [0, 0.05) is 0 Å². The molecule has 0 atom stereocenters. The van der Waals surface area contributed by atoms with Crippen LogP contribution in [0.2, 0.25) is 5.32 Å². The number of aliphatic hydroxyl groups is 1.